The van der Waals surface area contributed by atoms with E-state index in [1.54, 1.807) is 0 Å². The molecule has 0 saturated carbocycles. The minimum Gasteiger partial charge on any atom is -0.381 e. The third-order valence-corrected chi connectivity index (χ3v) is 6.22. The van der Waals surface area contributed by atoms with E-state index in [2.05, 4.69) is 53.5 Å². The van der Waals surface area contributed by atoms with Crippen molar-refractivity contribution in [1.29, 1.82) is 0 Å². The molecule has 27 heavy (non-hydrogen) atoms. The van der Waals surface area contributed by atoms with Gasteiger partial charge in [0.2, 0.25) is 0 Å². The zero-order valence-electron chi connectivity index (χ0n) is 16.9. The number of aliphatic imine (C=N–C) groups is 1. The molecule has 0 aliphatic carbocycles. The van der Waals surface area contributed by atoms with Gasteiger partial charge in [0.25, 0.3) is 0 Å². The highest BCUT2D eigenvalue weighted by Gasteiger charge is 2.26. The van der Waals surface area contributed by atoms with E-state index in [4.69, 9.17) is 14.5 Å². The second-order valence-corrected chi connectivity index (χ2v) is 8.49. The summed E-state index contributed by atoms with van der Waals surface area (Å²) in [6.45, 7) is 11.4. The number of nitrogens with one attached hydrogen (secondary N) is 1. The van der Waals surface area contributed by atoms with Gasteiger partial charge in [0.15, 0.2) is 5.96 Å². The fourth-order valence-electron chi connectivity index (χ4n) is 3.84. The molecule has 2 aliphatic heterocycles. The first-order valence-corrected chi connectivity index (χ1v) is 11.0. The molecule has 6 nitrogen and oxygen atoms in total. The van der Waals surface area contributed by atoms with Gasteiger partial charge in [0, 0.05) is 50.6 Å². The normalized spacial score (nSPS) is 25.5. The summed E-state index contributed by atoms with van der Waals surface area (Å²) >= 11 is 1.82. The Morgan fingerprint density at radius 3 is 3.04 bits per heavy atom. The van der Waals surface area contributed by atoms with Crippen LogP contribution in [0.15, 0.2) is 22.5 Å². The molecular weight excluding hydrogens is 360 g/mol. The lowest BCUT2D eigenvalue weighted by molar-refractivity contribution is -0.0327. The summed E-state index contributed by atoms with van der Waals surface area (Å²) in [4.78, 5) is 11.2. The Morgan fingerprint density at radius 1 is 1.48 bits per heavy atom. The monoisotopic (exact) mass is 394 g/mol. The van der Waals surface area contributed by atoms with Gasteiger partial charge in [-0.25, -0.2) is 0 Å². The maximum atomic E-state index is 5.75. The average molecular weight is 395 g/mol. The number of guanidine groups is 1. The predicted molar refractivity (Wildman–Crippen MR) is 112 cm³/mol. The summed E-state index contributed by atoms with van der Waals surface area (Å²) in [5.41, 5.74) is 0. The van der Waals surface area contributed by atoms with Crippen LogP contribution in [0.4, 0.5) is 0 Å². The maximum Gasteiger partial charge on any atom is 0.193 e. The Kier molecular flexibility index (Phi) is 7.93. The van der Waals surface area contributed by atoms with E-state index in [0.717, 1.165) is 64.9 Å². The lowest BCUT2D eigenvalue weighted by atomic mass is 10.1. The van der Waals surface area contributed by atoms with Gasteiger partial charge in [-0.15, -0.1) is 11.3 Å². The van der Waals surface area contributed by atoms with Crippen LogP contribution in [0.5, 0.6) is 0 Å². The Hall–Kier alpha value is -1.15. The summed E-state index contributed by atoms with van der Waals surface area (Å²) < 4.78 is 11.3. The highest BCUT2D eigenvalue weighted by Crippen LogP contribution is 2.27. The molecular formula is C20H34N4O2S. The second kappa shape index (κ2) is 10.4. The largest absolute Gasteiger partial charge is 0.381 e. The predicted octanol–water partition coefficient (Wildman–Crippen LogP) is 2.44. The first-order chi connectivity index (χ1) is 13.2. The zero-order valence-corrected chi connectivity index (χ0v) is 17.7. The van der Waals surface area contributed by atoms with Crippen molar-refractivity contribution in [1.82, 2.24) is 15.1 Å². The smallest absolute Gasteiger partial charge is 0.193 e. The van der Waals surface area contributed by atoms with Gasteiger partial charge in [-0.2, -0.15) is 0 Å². The van der Waals surface area contributed by atoms with Gasteiger partial charge in [0.1, 0.15) is 0 Å². The molecule has 3 heterocycles. The number of hydrogen-bond donors (Lipinski definition) is 1. The average Bonchev–Trinajstić information content (AvgIpc) is 3.35. The molecule has 2 saturated heterocycles. The van der Waals surface area contributed by atoms with Crippen molar-refractivity contribution in [2.75, 3.05) is 59.6 Å². The molecule has 2 aliphatic rings. The van der Waals surface area contributed by atoms with Gasteiger partial charge in [-0.3, -0.25) is 9.89 Å². The standard InChI is InChI=1S/C20H34N4O2S/c1-4-21-20(23(3)14-17-7-9-25-15-17)22-12-18(19-6-5-11-27-19)24-8-10-26-16(2)13-24/h5-6,11,16-18H,4,7-10,12-15H2,1-3H3,(H,21,22). The van der Waals surface area contributed by atoms with Crippen molar-refractivity contribution >= 4 is 17.3 Å². The molecule has 3 rings (SSSR count). The van der Waals surface area contributed by atoms with E-state index in [9.17, 15) is 0 Å². The summed E-state index contributed by atoms with van der Waals surface area (Å²) in [6.07, 6.45) is 1.43. The van der Waals surface area contributed by atoms with Crippen molar-refractivity contribution in [2.45, 2.75) is 32.4 Å². The SMILES string of the molecule is CCNC(=NCC(c1cccs1)N1CCOC(C)C1)N(C)CC1CCOC1. The van der Waals surface area contributed by atoms with Crippen LogP contribution in [0.2, 0.25) is 0 Å². The van der Waals surface area contributed by atoms with E-state index in [1.165, 1.54) is 4.88 Å². The second-order valence-electron chi connectivity index (χ2n) is 7.51. The number of nitrogens with zero attached hydrogens (tertiary/aromatic N) is 3. The summed E-state index contributed by atoms with van der Waals surface area (Å²) in [5, 5.41) is 5.62. The highest BCUT2D eigenvalue weighted by atomic mass is 32.1. The minimum atomic E-state index is 0.281. The third kappa shape index (κ3) is 5.91. The molecule has 2 fully saturated rings. The number of hydrogen-bond acceptors (Lipinski definition) is 5. The van der Waals surface area contributed by atoms with Gasteiger partial charge < -0.3 is 19.7 Å². The van der Waals surface area contributed by atoms with Crippen LogP contribution in [-0.4, -0.2) is 81.5 Å². The van der Waals surface area contributed by atoms with Crippen LogP contribution >= 0.6 is 11.3 Å². The molecule has 1 N–H and O–H groups in total. The lowest BCUT2D eigenvalue weighted by Crippen LogP contribution is -2.45. The lowest BCUT2D eigenvalue weighted by Gasteiger charge is -2.36. The highest BCUT2D eigenvalue weighted by molar-refractivity contribution is 7.10. The number of morpholine rings is 1. The molecule has 0 bridgehead atoms. The van der Waals surface area contributed by atoms with Crippen LogP contribution in [0, 0.1) is 5.92 Å². The fraction of sp³-hybridized carbons (Fsp3) is 0.750. The van der Waals surface area contributed by atoms with Crippen molar-refractivity contribution in [3.63, 3.8) is 0 Å². The molecule has 3 atom stereocenters. The Morgan fingerprint density at radius 2 is 2.37 bits per heavy atom. The quantitative estimate of drug-likeness (QED) is 0.569. The van der Waals surface area contributed by atoms with E-state index < -0.39 is 0 Å². The van der Waals surface area contributed by atoms with E-state index in [1.807, 2.05) is 11.3 Å². The van der Waals surface area contributed by atoms with Crippen LogP contribution in [0.1, 0.15) is 31.2 Å². The minimum absolute atomic E-state index is 0.281. The van der Waals surface area contributed by atoms with Gasteiger partial charge in [-0.1, -0.05) is 6.07 Å². The van der Waals surface area contributed by atoms with Crippen molar-refractivity contribution in [2.24, 2.45) is 10.9 Å². The molecule has 7 heteroatoms. The van der Waals surface area contributed by atoms with Crippen LogP contribution in [0.3, 0.4) is 0 Å². The van der Waals surface area contributed by atoms with Crippen molar-refractivity contribution in [3.05, 3.63) is 22.4 Å². The third-order valence-electron chi connectivity index (χ3n) is 5.25. The van der Waals surface area contributed by atoms with E-state index in [0.29, 0.717) is 12.0 Å². The molecule has 3 unspecified atom stereocenters. The molecule has 1 aromatic rings. The first kappa shape index (κ1) is 20.6. The maximum absolute atomic E-state index is 5.75. The molecule has 0 aromatic carbocycles. The van der Waals surface area contributed by atoms with E-state index >= 15 is 0 Å². The number of rotatable bonds is 7. The fourth-order valence-corrected chi connectivity index (χ4v) is 4.69. The number of thiophene rings is 1. The van der Waals surface area contributed by atoms with Crippen molar-refractivity contribution < 1.29 is 9.47 Å². The molecule has 0 amide bonds. The topological polar surface area (TPSA) is 49.3 Å². The van der Waals surface area contributed by atoms with Gasteiger partial charge >= 0.3 is 0 Å². The molecule has 0 spiro atoms. The zero-order chi connectivity index (χ0) is 19.1. The van der Waals surface area contributed by atoms with Crippen LogP contribution in [0.25, 0.3) is 0 Å². The van der Waals surface area contributed by atoms with Crippen LogP contribution < -0.4 is 5.32 Å². The molecule has 0 radical (unpaired) electrons. The summed E-state index contributed by atoms with van der Waals surface area (Å²) in [5.74, 6) is 1.60. The number of ether oxygens (including phenoxy) is 2. The van der Waals surface area contributed by atoms with Crippen molar-refractivity contribution in [3.8, 4) is 0 Å². The Balaban J connectivity index is 1.69. The Bertz CT molecular complexity index is 575. The first-order valence-electron chi connectivity index (χ1n) is 10.1. The van der Waals surface area contributed by atoms with Crippen LogP contribution in [-0.2, 0) is 9.47 Å². The summed E-state index contributed by atoms with van der Waals surface area (Å²) in [6, 6.07) is 4.68. The van der Waals surface area contributed by atoms with Gasteiger partial charge in [0.05, 0.1) is 31.9 Å². The molecule has 152 valence electrons. The molecule has 1 aromatic heterocycles. The summed E-state index contributed by atoms with van der Waals surface area (Å²) in [7, 11) is 2.14. The Labute approximate surface area is 167 Å². The van der Waals surface area contributed by atoms with E-state index in [-0.39, 0.29) is 6.10 Å². The van der Waals surface area contributed by atoms with Gasteiger partial charge in [-0.05, 0) is 31.7 Å².